The Morgan fingerprint density at radius 2 is 2.00 bits per heavy atom. The van der Waals surface area contributed by atoms with Crippen molar-refractivity contribution in [1.29, 1.82) is 0 Å². The molecule has 0 saturated carbocycles. The number of nitrogens with one attached hydrogen (secondary N) is 1. The van der Waals surface area contributed by atoms with E-state index in [1.165, 1.54) is 0 Å². The summed E-state index contributed by atoms with van der Waals surface area (Å²) in [5, 5.41) is 7.76. The van der Waals surface area contributed by atoms with E-state index >= 15 is 0 Å². The van der Waals surface area contributed by atoms with Gasteiger partial charge in [0.05, 0.1) is 12.3 Å². The molecule has 0 atom stereocenters. The highest BCUT2D eigenvalue weighted by atomic mass is 16.5. The van der Waals surface area contributed by atoms with Crippen LogP contribution in [0, 0.1) is 5.41 Å². The van der Waals surface area contributed by atoms with E-state index < -0.39 is 0 Å². The van der Waals surface area contributed by atoms with Crippen LogP contribution in [-0.2, 0) is 0 Å². The minimum Gasteiger partial charge on any atom is -0.462 e. The molecule has 1 N–H and O–H groups in total. The quantitative estimate of drug-likeness (QED) is 0.759. The summed E-state index contributed by atoms with van der Waals surface area (Å²) >= 11 is 0. The number of aromatic nitrogens is 3. The maximum absolute atomic E-state index is 5.72. The number of nitrogens with zero attached hydrogens (tertiary/aromatic N) is 3. The first-order chi connectivity index (χ1) is 10.1. The number of hydrogen-bond donors (Lipinski definition) is 1. The molecule has 114 valence electrons. The molecule has 21 heavy (non-hydrogen) atoms. The molecule has 0 fully saturated rings. The fourth-order valence-corrected chi connectivity index (χ4v) is 1.93. The van der Waals surface area contributed by atoms with Gasteiger partial charge in [0.15, 0.2) is 0 Å². The zero-order valence-corrected chi connectivity index (χ0v) is 13.0. The van der Waals surface area contributed by atoms with Crippen LogP contribution in [0.3, 0.4) is 0 Å². The minimum absolute atomic E-state index is 0.0490. The van der Waals surface area contributed by atoms with Crippen molar-refractivity contribution in [1.82, 2.24) is 20.1 Å². The van der Waals surface area contributed by atoms with Crippen LogP contribution in [0.1, 0.15) is 27.2 Å². The minimum atomic E-state index is 0.0490. The summed E-state index contributed by atoms with van der Waals surface area (Å²) in [7, 11) is 0. The molecule has 0 radical (unpaired) electrons. The van der Waals surface area contributed by atoms with E-state index in [4.69, 9.17) is 4.74 Å². The zero-order chi connectivity index (χ0) is 15.1. The maximum atomic E-state index is 5.72. The van der Waals surface area contributed by atoms with Gasteiger partial charge in [0.1, 0.15) is 6.33 Å². The second-order valence-corrected chi connectivity index (χ2v) is 5.94. The lowest BCUT2D eigenvalue weighted by atomic mass is 9.95. The van der Waals surface area contributed by atoms with Crippen molar-refractivity contribution >= 4 is 0 Å². The van der Waals surface area contributed by atoms with Gasteiger partial charge in [0.25, 0.3) is 0 Å². The standard InChI is InChI=1S/C16H24N4O/c1-4-10-17-11-16(2,3)12-21-15-18-13-20(19-15)14-8-6-5-7-9-14/h5-9,13,17H,4,10-12H2,1-3H3. The number of para-hydroxylation sites is 1. The summed E-state index contributed by atoms with van der Waals surface area (Å²) in [5.41, 5.74) is 1.02. The summed E-state index contributed by atoms with van der Waals surface area (Å²) in [5.74, 6) is 0. The van der Waals surface area contributed by atoms with Gasteiger partial charge >= 0.3 is 6.01 Å². The van der Waals surface area contributed by atoms with Gasteiger partial charge < -0.3 is 10.1 Å². The van der Waals surface area contributed by atoms with E-state index in [1.807, 2.05) is 30.3 Å². The van der Waals surface area contributed by atoms with Crippen LogP contribution in [-0.4, -0.2) is 34.5 Å². The van der Waals surface area contributed by atoms with Crippen LogP contribution in [0.5, 0.6) is 6.01 Å². The average molecular weight is 288 g/mol. The van der Waals surface area contributed by atoms with E-state index in [2.05, 4.69) is 36.2 Å². The molecule has 1 heterocycles. The van der Waals surface area contributed by atoms with Crippen LogP contribution in [0.15, 0.2) is 36.7 Å². The van der Waals surface area contributed by atoms with Crippen LogP contribution in [0.2, 0.25) is 0 Å². The van der Waals surface area contributed by atoms with E-state index in [-0.39, 0.29) is 5.41 Å². The predicted octanol–water partition coefficient (Wildman–Crippen LogP) is 2.67. The van der Waals surface area contributed by atoms with Crippen molar-refractivity contribution in [2.24, 2.45) is 5.41 Å². The number of benzene rings is 1. The molecular weight excluding hydrogens is 264 g/mol. The third kappa shape index (κ3) is 4.86. The molecular formula is C16H24N4O. The molecule has 0 spiro atoms. The lowest BCUT2D eigenvalue weighted by Gasteiger charge is -2.24. The summed E-state index contributed by atoms with van der Waals surface area (Å²) in [6, 6.07) is 10.3. The maximum Gasteiger partial charge on any atom is 0.335 e. The highest BCUT2D eigenvalue weighted by molar-refractivity contribution is 5.29. The average Bonchev–Trinajstić information content (AvgIpc) is 2.95. The van der Waals surface area contributed by atoms with Gasteiger partial charge in [-0.25, -0.2) is 4.68 Å². The Morgan fingerprint density at radius 3 is 2.71 bits per heavy atom. The Kier molecular flexibility index (Phi) is 5.33. The smallest absolute Gasteiger partial charge is 0.335 e. The largest absolute Gasteiger partial charge is 0.462 e. The predicted molar refractivity (Wildman–Crippen MR) is 83.8 cm³/mol. The first-order valence-electron chi connectivity index (χ1n) is 7.41. The molecule has 2 rings (SSSR count). The van der Waals surface area contributed by atoms with Crippen molar-refractivity contribution < 1.29 is 4.74 Å². The van der Waals surface area contributed by atoms with Gasteiger partial charge in [0, 0.05) is 12.0 Å². The third-order valence-electron chi connectivity index (χ3n) is 3.11. The van der Waals surface area contributed by atoms with Gasteiger partial charge in [-0.05, 0) is 25.1 Å². The lowest BCUT2D eigenvalue weighted by molar-refractivity contribution is 0.165. The fourth-order valence-electron chi connectivity index (χ4n) is 1.93. The highest BCUT2D eigenvalue weighted by Crippen LogP contribution is 2.16. The molecule has 5 nitrogen and oxygen atoms in total. The van der Waals surface area contributed by atoms with Gasteiger partial charge in [0.2, 0.25) is 0 Å². The van der Waals surface area contributed by atoms with Gasteiger partial charge in [-0.2, -0.15) is 4.98 Å². The van der Waals surface area contributed by atoms with Crippen LogP contribution >= 0.6 is 0 Å². The number of rotatable bonds is 8. The Labute approximate surface area is 126 Å². The first kappa shape index (κ1) is 15.5. The molecule has 5 heteroatoms. The van der Waals surface area contributed by atoms with Crippen LogP contribution in [0.4, 0.5) is 0 Å². The number of ether oxygens (including phenoxy) is 1. The molecule has 1 aromatic heterocycles. The second kappa shape index (κ2) is 7.22. The molecule has 1 aromatic carbocycles. The van der Waals surface area contributed by atoms with Crippen LogP contribution < -0.4 is 10.1 Å². The van der Waals surface area contributed by atoms with Crippen molar-refractivity contribution in [3.63, 3.8) is 0 Å². The third-order valence-corrected chi connectivity index (χ3v) is 3.11. The topological polar surface area (TPSA) is 52.0 Å². The Morgan fingerprint density at radius 1 is 1.24 bits per heavy atom. The molecule has 0 aliphatic heterocycles. The van der Waals surface area contributed by atoms with Gasteiger partial charge in [-0.3, -0.25) is 0 Å². The Balaban J connectivity index is 1.88. The highest BCUT2D eigenvalue weighted by Gasteiger charge is 2.19. The lowest BCUT2D eigenvalue weighted by Crippen LogP contribution is -2.34. The molecule has 0 aliphatic carbocycles. The van der Waals surface area contributed by atoms with Gasteiger partial charge in [-0.1, -0.05) is 39.0 Å². The van der Waals surface area contributed by atoms with Crippen molar-refractivity contribution in [3.05, 3.63) is 36.7 Å². The Bertz CT molecular complexity index is 536. The van der Waals surface area contributed by atoms with E-state index in [0.717, 1.165) is 25.2 Å². The molecule has 0 amide bonds. The van der Waals surface area contributed by atoms with E-state index in [9.17, 15) is 0 Å². The monoisotopic (exact) mass is 288 g/mol. The summed E-state index contributed by atoms with van der Waals surface area (Å²) in [6.07, 6.45) is 2.81. The van der Waals surface area contributed by atoms with E-state index in [1.54, 1.807) is 11.0 Å². The molecule has 2 aromatic rings. The van der Waals surface area contributed by atoms with E-state index in [0.29, 0.717) is 12.6 Å². The van der Waals surface area contributed by atoms with Crippen molar-refractivity contribution in [2.45, 2.75) is 27.2 Å². The normalized spacial score (nSPS) is 11.6. The molecule has 0 aliphatic rings. The van der Waals surface area contributed by atoms with Gasteiger partial charge in [-0.15, -0.1) is 5.10 Å². The first-order valence-corrected chi connectivity index (χ1v) is 7.41. The Hall–Kier alpha value is -1.88. The molecule has 0 saturated heterocycles. The molecule has 0 bridgehead atoms. The SMILES string of the molecule is CCCNCC(C)(C)COc1ncn(-c2ccccc2)n1. The second-order valence-electron chi connectivity index (χ2n) is 5.94. The number of hydrogen-bond acceptors (Lipinski definition) is 4. The molecule has 0 unspecified atom stereocenters. The van der Waals surface area contributed by atoms with Crippen molar-refractivity contribution in [2.75, 3.05) is 19.7 Å². The zero-order valence-electron chi connectivity index (χ0n) is 13.0. The van der Waals surface area contributed by atoms with Crippen LogP contribution in [0.25, 0.3) is 5.69 Å². The summed E-state index contributed by atoms with van der Waals surface area (Å²) in [4.78, 5) is 4.20. The fraction of sp³-hybridized carbons (Fsp3) is 0.500. The van der Waals surface area contributed by atoms with Crippen molar-refractivity contribution in [3.8, 4) is 11.7 Å². The summed E-state index contributed by atoms with van der Waals surface area (Å²) in [6.45, 7) is 9.04. The summed E-state index contributed by atoms with van der Waals surface area (Å²) < 4.78 is 7.44.